The van der Waals surface area contributed by atoms with Gasteiger partial charge in [0.25, 0.3) is 11.7 Å². The third kappa shape index (κ3) is 3.94. The molecule has 33 heavy (non-hydrogen) atoms. The van der Waals surface area contributed by atoms with E-state index in [0.29, 0.717) is 0 Å². The van der Waals surface area contributed by atoms with Gasteiger partial charge in [0.1, 0.15) is 23.1 Å². The minimum Gasteiger partial charge on any atom is -0.507 e. The van der Waals surface area contributed by atoms with E-state index >= 15 is 0 Å². The minimum absolute atomic E-state index is 0.0558. The maximum atomic E-state index is 14.9. The lowest BCUT2D eigenvalue weighted by atomic mass is 9.94. The van der Waals surface area contributed by atoms with Gasteiger partial charge in [-0.05, 0) is 42.5 Å². The van der Waals surface area contributed by atoms with Gasteiger partial charge in [0.15, 0.2) is 0 Å². The molecule has 1 heterocycles. The normalized spacial score (nSPS) is 17.5. The zero-order valence-electron chi connectivity index (χ0n) is 17.0. The average Bonchev–Trinajstić information content (AvgIpc) is 3.06. The number of hydrogen-bond acceptors (Lipinski definition) is 4. The minimum atomic E-state index is -1.36. The Morgan fingerprint density at radius 2 is 1.73 bits per heavy atom. The summed E-state index contributed by atoms with van der Waals surface area (Å²) in [5.41, 5.74) is -0.490. The predicted octanol–water partition coefficient (Wildman–Crippen LogP) is 5.91. The van der Waals surface area contributed by atoms with Crippen molar-refractivity contribution in [3.63, 3.8) is 0 Å². The van der Waals surface area contributed by atoms with Gasteiger partial charge < -0.3 is 9.84 Å². The number of benzene rings is 3. The lowest BCUT2D eigenvalue weighted by molar-refractivity contribution is -0.132. The van der Waals surface area contributed by atoms with Crippen molar-refractivity contribution in [2.24, 2.45) is 0 Å². The Labute approximate surface area is 197 Å². The van der Waals surface area contributed by atoms with Gasteiger partial charge in [0.05, 0.1) is 34.3 Å². The van der Waals surface area contributed by atoms with Crippen molar-refractivity contribution >= 4 is 46.3 Å². The van der Waals surface area contributed by atoms with E-state index in [-0.39, 0.29) is 32.6 Å². The van der Waals surface area contributed by atoms with Crippen molar-refractivity contribution in [2.45, 2.75) is 6.04 Å². The van der Waals surface area contributed by atoms with Gasteiger partial charge in [-0.25, -0.2) is 8.78 Å². The Balaban J connectivity index is 2.02. The molecule has 0 aromatic heterocycles. The number of carbonyl (C=O) groups excluding carboxylic acids is 2. The van der Waals surface area contributed by atoms with E-state index in [0.717, 1.165) is 23.1 Å². The Kier molecular flexibility index (Phi) is 6.10. The van der Waals surface area contributed by atoms with Crippen molar-refractivity contribution in [1.82, 2.24) is 0 Å². The summed E-state index contributed by atoms with van der Waals surface area (Å²) < 4.78 is 34.0. The molecule has 1 amide bonds. The molecule has 0 radical (unpaired) electrons. The number of halogens is 4. The number of aliphatic hydroxyl groups excluding tert-OH is 1. The van der Waals surface area contributed by atoms with Crippen LogP contribution < -0.4 is 9.64 Å². The van der Waals surface area contributed by atoms with Crippen LogP contribution in [-0.2, 0) is 9.59 Å². The van der Waals surface area contributed by atoms with Crippen molar-refractivity contribution in [3.05, 3.63) is 99.0 Å². The molecule has 0 saturated carbocycles. The van der Waals surface area contributed by atoms with E-state index in [9.17, 15) is 23.5 Å². The molecule has 9 heteroatoms. The summed E-state index contributed by atoms with van der Waals surface area (Å²) in [5.74, 6) is -4.19. The summed E-state index contributed by atoms with van der Waals surface area (Å²) >= 11 is 12.1. The summed E-state index contributed by atoms with van der Waals surface area (Å²) in [7, 11) is 1.30. The van der Waals surface area contributed by atoms with Crippen LogP contribution in [0, 0.1) is 11.6 Å². The van der Waals surface area contributed by atoms with E-state index in [2.05, 4.69) is 0 Å². The van der Waals surface area contributed by atoms with E-state index in [1.54, 1.807) is 0 Å². The highest BCUT2D eigenvalue weighted by Gasteiger charge is 2.48. The number of hydrogen-bond donors (Lipinski definition) is 1. The highest BCUT2D eigenvalue weighted by atomic mass is 35.5. The standard InChI is InChI=1S/C24H15Cl2F2NO4/c1-33-19-9-6-12(27)10-15(19)22(30)20-21(14-4-2-3-5-18(14)28)29(24(32)23(20)31)13-7-8-16(25)17(26)11-13/h2-11,21,30H,1H3/b22-20+. The van der Waals surface area contributed by atoms with E-state index in [4.69, 9.17) is 27.9 Å². The Morgan fingerprint density at radius 1 is 1.00 bits per heavy atom. The van der Waals surface area contributed by atoms with Crippen LogP contribution in [0.4, 0.5) is 14.5 Å². The number of ketones is 1. The largest absolute Gasteiger partial charge is 0.507 e. The summed E-state index contributed by atoms with van der Waals surface area (Å²) in [5, 5.41) is 11.4. The van der Waals surface area contributed by atoms with Crippen molar-refractivity contribution in [1.29, 1.82) is 0 Å². The topological polar surface area (TPSA) is 66.8 Å². The van der Waals surface area contributed by atoms with Gasteiger partial charge in [-0.3, -0.25) is 14.5 Å². The third-order valence-corrected chi connectivity index (χ3v) is 5.98. The zero-order valence-corrected chi connectivity index (χ0v) is 18.5. The molecular weight excluding hydrogens is 475 g/mol. The summed E-state index contributed by atoms with van der Waals surface area (Å²) in [6.45, 7) is 0. The third-order valence-electron chi connectivity index (χ3n) is 5.24. The van der Waals surface area contributed by atoms with Crippen molar-refractivity contribution in [3.8, 4) is 5.75 Å². The first kappa shape index (κ1) is 22.8. The molecule has 4 rings (SSSR count). The van der Waals surface area contributed by atoms with Crippen LogP contribution in [0.15, 0.2) is 66.2 Å². The fraction of sp³-hybridized carbons (Fsp3) is 0.0833. The second-order valence-corrected chi connectivity index (χ2v) is 7.95. The molecule has 0 bridgehead atoms. The number of anilines is 1. The highest BCUT2D eigenvalue weighted by molar-refractivity contribution is 6.52. The number of ether oxygens (including phenoxy) is 1. The number of aliphatic hydroxyl groups is 1. The maximum absolute atomic E-state index is 14.9. The lowest BCUT2D eigenvalue weighted by Gasteiger charge is -2.26. The first-order valence-corrected chi connectivity index (χ1v) is 10.3. The molecule has 1 N–H and O–H groups in total. The Hall–Kier alpha value is -3.42. The zero-order chi connectivity index (χ0) is 23.9. The molecule has 0 aliphatic carbocycles. The molecule has 1 saturated heterocycles. The fourth-order valence-corrected chi connectivity index (χ4v) is 4.03. The van der Waals surface area contributed by atoms with Gasteiger partial charge in [0, 0.05) is 11.3 Å². The molecule has 3 aromatic carbocycles. The monoisotopic (exact) mass is 489 g/mol. The van der Waals surface area contributed by atoms with Crippen LogP contribution in [-0.4, -0.2) is 23.9 Å². The second kappa shape index (κ2) is 8.84. The SMILES string of the molecule is COc1ccc(F)cc1/C(O)=C1\C(=O)C(=O)N(c2ccc(Cl)c(Cl)c2)C1c1ccccc1F. The van der Waals surface area contributed by atoms with E-state index in [1.165, 1.54) is 49.6 Å². The van der Waals surface area contributed by atoms with Crippen molar-refractivity contribution in [2.75, 3.05) is 12.0 Å². The highest BCUT2D eigenvalue weighted by Crippen LogP contribution is 2.44. The predicted molar refractivity (Wildman–Crippen MR) is 121 cm³/mol. The molecule has 5 nitrogen and oxygen atoms in total. The first-order chi connectivity index (χ1) is 15.7. The molecular formula is C24H15Cl2F2NO4. The second-order valence-electron chi connectivity index (χ2n) is 7.13. The van der Waals surface area contributed by atoms with Gasteiger partial charge >= 0.3 is 0 Å². The molecule has 1 unspecified atom stereocenters. The Morgan fingerprint density at radius 3 is 2.39 bits per heavy atom. The molecule has 3 aromatic rings. The molecule has 1 aliphatic rings. The molecule has 168 valence electrons. The fourth-order valence-electron chi connectivity index (χ4n) is 3.74. The van der Waals surface area contributed by atoms with Crippen LogP contribution >= 0.6 is 23.2 Å². The quantitative estimate of drug-likeness (QED) is 0.281. The lowest BCUT2D eigenvalue weighted by Crippen LogP contribution is -2.29. The smallest absolute Gasteiger partial charge is 0.300 e. The van der Waals surface area contributed by atoms with Gasteiger partial charge in [-0.15, -0.1) is 0 Å². The number of rotatable bonds is 4. The van der Waals surface area contributed by atoms with Crippen LogP contribution in [0.5, 0.6) is 5.75 Å². The average molecular weight is 490 g/mol. The first-order valence-electron chi connectivity index (χ1n) is 9.59. The number of nitrogens with zero attached hydrogens (tertiary/aromatic N) is 1. The van der Waals surface area contributed by atoms with Crippen LogP contribution in [0.3, 0.4) is 0 Å². The summed E-state index contributed by atoms with van der Waals surface area (Å²) in [6, 6.07) is 11.7. The molecule has 1 aliphatic heterocycles. The molecule has 1 atom stereocenters. The molecule has 0 spiro atoms. The van der Waals surface area contributed by atoms with Gasteiger partial charge in [0.2, 0.25) is 0 Å². The van der Waals surface area contributed by atoms with Crippen LogP contribution in [0.2, 0.25) is 10.0 Å². The summed E-state index contributed by atoms with van der Waals surface area (Å²) in [6.07, 6.45) is 0. The number of carbonyl (C=O) groups is 2. The maximum Gasteiger partial charge on any atom is 0.300 e. The number of amides is 1. The van der Waals surface area contributed by atoms with Crippen molar-refractivity contribution < 1.29 is 28.2 Å². The number of Topliss-reactive ketones (excluding diaryl/α,β-unsaturated/α-hetero) is 1. The summed E-state index contributed by atoms with van der Waals surface area (Å²) in [4.78, 5) is 27.2. The Bertz CT molecular complexity index is 1330. The van der Waals surface area contributed by atoms with E-state index < -0.39 is 40.7 Å². The van der Waals surface area contributed by atoms with Crippen LogP contribution in [0.25, 0.3) is 5.76 Å². The van der Waals surface area contributed by atoms with Crippen LogP contribution in [0.1, 0.15) is 17.2 Å². The van der Waals surface area contributed by atoms with Gasteiger partial charge in [-0.1, -0.05) is 41.4 Å². The van der Waals surface area contributed by atoms with Gasteiger partial charge in [-0.2, -0.15) is 0 Å². The molecule has 1 fully saturated rings. The number of methoxy groups -OCH3 is 1. The van der Waals surface area contributed by atoms with E-state index in [1.807, 2.05) is 0 Å².